The van der Waals surface area contributed by atoms with Crippen LogP contribution in [0.1, 0.15) is 84.9 Å². The number of anilines is 2. The van der Waals surface area contributed by atoms with E-state index in [0.717, 1.165) is 62.7 Å². The van der Waals surface area contributed by atoms with Gasteiger partial charge >= 0.3 is 0 Å². The molecule has 36 heavy (non-hydrogen) atoms. The molecule has 0 bridgehead atoms. The van der Waals surface area contributed by atoms with Gasteiger partial charge in [-0.3, -0.25) is 9.59 Å². The number of nitrogens with zero attached hydrogens (tertiary/aromatic N) is 2. The van der Waals surface area contributed by atoms with Crippen molar-refractivity contribution in [3.63, 3.8) is 0 Å². The second-order valence-corrected chi connectivity index (χ2v) is 10.2. The van der Waals surface area contributed by atoms with Gasteiger partial charge in [-0.15, -0.1) is 0 Å². The number of carbonyl (C=O) groups is 2. The number of hydrogen-bond acceptors (Lipinski definition) is 2. The first-order valence-corrected chi connectivity index (χ1v) is 13.6. The summed E-state index contributed by atoms with van der Waals surface area (Å²) < 4.78 is 0. The lowest BCUT2D eigenvalue weighted by Gasteiger charge is -2.35. The quantitative estimate of drug-likeness (QED) is 0.364. The van der Waals surface area contributed by atoms with Crippen molar-refractivity contribution in [1.29, 1.82) is 0 Å². The van der Waals surface area contributed by atoms with Crippen LogP contribution in [-0.2, 0) is 0 Å². The Labute approximate surface area is 214 Å². The normalized spacial score (nSPS) is 16.9. The minimum absolute atomic E-state index is 0.0216. The molecule has 0 heterocycles. The number of amides is 2. The zero-order valence-corrected chi connectivity index (χ0v) is 21.0. The Morgan fingerprint density at radius 3 is 1.28 bits per heavy atom. The largest absolute Gasteiger partial charge is 0.305 e. The minimum atomic E-state index is -0.0216. The van der Waals surface area contributed by atoms with E-state index in [0.29, 0.717) is 11.1 Å². The lowest BCUT2D eigenvalue weighted by molar-refractivity contribution is 0.0970. The maximum atomic E-state index is 14.0. The molecule has 3 aromatic rings. The smallest absolute Gasteiger partial charge is 0.258 e. The van der Waals surface area contributed by atoms with Crippen molar-refractivity contribution < 1.29 is 9.59 Å². The van der Waals surface area contributed by atoms with Gasteiger partial charge in [-0.05, 0) is 68.1 Å². The molecule has 5 rings (SSSR count). The summed E-state index contributed by atoms with van der Waals surface area (Å²) in [5.74, 6) is -0.0432. The first kappa shape index (κ1) is 24.3. The van der Waals surface area contributed by atoms with Crippen LogP contribution in [0.25, 0.3) is 0 Å². The van der Waals surface area contributed by atoms with Crippen molar-refractivity contribution in [1.82, 2.24) is 0 Å². The van der Waals surface area contributed by atoms with Gasteiger partial charge in [0, 0.05) is 34.6 Å². The molecular formula is C32H36N2O2. The lowest BCUT2D eigenvalue weighted by atomic mass is 9.92. The van der Waals surface area contributed by atoms with Crippen LogP contribution in [0, 0.1) is 0 Å². The van der Waals surface area contributed by atoms with Crippen LogP contribution in [0.4, 0.5) is 11.4 Å². The number of benzene rings is 3. The van der Waals surface area contributed by atoms with E-state index in [1.54, 1.807) is 0 Å². The van der Waals surface area contributed by atoms with Crippen LogP contribution in [0.15, 0.2) is 84.9 Å². The van der Waals surface area contributed by atoms with Crippen molar-refractivity contribution in [2.75, 3.05) is 9.80 Å². The Bertz CT molecular complexity index is 1060. The van der Waals surface area contributed by atoms with Crippen LogP contribution >= 0.6 is 0 Å². The molecule has 0 N–H and O–H groups in total. The highest BCUT2D eigenvalue weighted by atomic mass is 16.2. The summed E-state index contributed by atoms with van der Waals surface area (Å²) in [5, 5.41) is 0. The summed E-state index contributed by atoms with van der Waals surface area (Å²) in [4.78, 5) is 31.9. The molecule has 2 amide bonds. The fourth-order valence-corrected chi connectivity index (χ4v) is 5.91. The number of hydrogen-bond donors (Lipinski definition) is 0. The van der Waals surface area contributed by atoms with Gasteiger partial charge in [-0.25, -0.2) is 0 Å². The third-order valence-corrected chi connectivity index (χ3v) is 7.74. The van der Waals surface area contributed by atoms with E-state index < -0.39 is 0 Å². The summed E-state index contributed by atoms with van der Waals surface area (Å²) in [6.45, 7) is 0. The molecule has 0 spiro atoms. The summed E-state index contributed by atoms with van der Waals surface area (Å²) in [7, 11) is 0. The Balaban J connectivity index is 1.46. The van der Waals surface area contributed by atoms with Crippen molar-refractivity contribution >= 4 is 23.2 Å². The van der Waals surface area contributed by atoms with Gasteiger partial charge in [0.05, 0.1) is 0 Å². The SMILES string of the molecule is O=C(c1cccc(C(=O)N(c2ccccc2)C2CCCCC2)c1)N(c1ccccc1)C1CCCCC1. The molecule has 2 fully saturated rings. The van der Waals surface area contributed by atoms with Crippen LogP contribution in [0.5, 0.6) is 0 Å². The van der Waals surface area contributed by atoms with E-state index >= 15 is 0 Å². The zero-order valence-electron chi connectivity index (χ0n) is 21.0. The van der Waals surface area contributed by atoms with E-state index in [2.05, 4.69) is 0 Å². The summed E-state index contributed by atoms with van der Waals surface area (Å²) in [6, 6.07) is 27.7. The Kier molecular flexibility index (Phi) is 7.80. The molecule has 2 aliphatic carbocycles. The summed E-state index contributed by atoms with van der Waals surface area (Å²) in [5.41, 5.74) is 3.01. The fraction of sp³-hybridized carbons (Fsp3) is 0.375. The van der Waals surface area contributed by atoms with Gasteiger partial charge < -0.3 is 9.80 Å². The third kappa shape index (κ3) is 5.38. The third-order valence-electron chi connectivity index (χ3n) is 7.74. The topological polar surface area (TPSA) is 40.6 Å². The molecule has 2 saturated carbocycles. The molecular weight excluding hydrogens is 444 g/mol. The molecule has 3 aromatic carbocycles. The average Bonchev–Trinajstić information content (AvgIpc) is 2.96. The van der Waals surface area contributed by atoms with E-state index in [-0.39, 0.29) is 23.9 Å². The van der Waals surface area contributed by atoms with E-state index in [9.17, 15) is 9.59 Å². The van der Waals surface area contributed by atoms with Crippen LogP contribution in [0.3, 0.4) is 0 Å². The average molecular weight is 481 g/mol. The molecule has 0 saturated heterocycles. The highest BCUT2D eigenvalue weighted by Crippen LogP contribution is 2.31. The Morgan fingerprint density at radius 2 is 0.889 bits per heavy atom. The highest BCUT2D eigenvalue weighted by molar-refractivity contribution is 6.10. The predicted octanol–water partition coefficient (Wildman–Crippen LogP) is 7.65. The van der Waals surface area contributed by atoms with E-state index in [1.807, 2.05) is 94.7 Å². The maximum Gasteiger partial charge on any atom is 0.258 e. The standard InChI is InChI=1S/C32H36N2O2/c35-31(33(27-16-5-1-6-17-27)28-18-7-2-8-19-28)25-14-13-15-26(24-25)32(36)34(29-20-9-3-10-21-29)30-22-11-4-12-23-30/h1,3,5-6,9-10,13-17,20-21,24,28,30H,2,4,7-8,11-12,18-19,22-23H2. The van der Waals surface area contributed by atoms with Gasteiger partial charge in [0.2, 0.25) is 0 Å². The van der Waals surface area contributed by atoms with Crippen molar-refractivity contribution in [3.05, 3.63) is 96.1 Å². The van der Waals surface area contributed by atoms with Crippen molar-refractivity contribution in [2.24, 2.45) is 0 Å². The maximum absolute atomic E-state index is 14.0. The van der Waals surface area contributed by atoms with Gasteiger partial charge in [0.15, 0.2) is 0 Å². The van der Waals surface area contributed by atoms with E-state index in [1.165, 1.54) is 12.8 Å². The second-order valence-electron chi connectivity index (χ2n) is 10.2. The Hall–Kier alpha value is -3.40. The molecule has 2 aliphatic rings. The molecule has 0 atom stereocenters. The number of para-hydroxylation sites is 2. The van der Waals surface area contributed by atoms with Gasteiger partial charge in [-0.1, -0.05) is 81.0 Å². The monoisotopic (exact) mass is 480 g/mol. The molecule has 186 valence electrons. The first-order valence-electron chi connectivity index (χ1n) is 13.6. The molecule has 4 nitrogen and oxygen atoms in total. The summed E-state index contributed by atoms with van der Waals surface area (Å²) >= 11 is 0. The predicted molar refractivity (Wildman–Crippen MR) is 147 cm³/mol. The summed E-state index contributed by atoms with van der Waals surface area (Å²) in [6.07, 6.45) is 11.1. The molecule has 0 aromatic heterocycles. The molecule has 0 unspecified atom stereocenters. The highest BCUT2D eigenvalue weighted by Gasteiger charge is 2.30. The fourth-order valence-electron chi connectivity index (χ4n) is 5.91. The molecule has 0 aliphatic heterocycles. The molecule has 0 radical (unpaired) electrons. The minimum Gasteiger partial charge on any atom is -0.305 e. The van der Waals surface area contributed by atoms with Crippen molar-refractivity contribution in [3.8, 4) is 0 Å². The van der Waals surface area contributed by atoms with Crippen LogP contribution in [0.2, 0.25) is 0 Å². The van der Waals surface area contributed by atoms with Crippen molar-refractivity contribution in [2.45, 2.75) is 76.3 Å². The van der Waals surface area contributed by atoms with Crippen LogP contribution < -0.4 is 9.80 Å². The van der Waals surface area contributed by atoms with Gasteiger partial charge in [0.25, 0.3) is 11.8 Å². The second kappa shape index (κ2) is 11.6. The van der Waals surface area contributed by atoms with E-state index in [4.69, 9.17) is 0 Å². The van der Waals surface area contributed by atoms with Crippen LogP contribution in [-0.4, -0.2) is 23.9 Å². The van der Waals surface area contributed by atoms with Gasteiger partial charge in [-0.2, -0.15) is 0 Å². The first-order chi connectivity index (χ1) is 17.7. The number of carbonyl (C=O) groups excluding carboxylic acids is 2. The number of rotatable bonds is 6. The lowest BCUT2D eigenvalue weighted by Crippen LogP contribution is -2.42. The van der Waals surface area contributed by atoms with Gasteiger partial charge in [0.1, 0.15) is 0 Å². The zero-order chi connectivity index (χ0) is 24.7. The Morgan fingerprint density at radius 1 is 0.500 bits per heavy atom. The molecule has 4 heteroatoms.